The maximum absolute atomic E-state index is 12.7. The highest BCUT2D eigenvalue weighted by molar-refractivity contribution is 9.10. The fourth-order valence-corrected chi connectivity index (χ4v) is 4.83. The third kappa shape index (κ3) is 5.45. The molecule has 0 unspecified atom stereocenters. The molecule has 1 fully saturated rings. The highest BCUT2D eigenvalue weighted by atomic mass is 79.9. The van der Waals surface area contributed by atoms with E-state index in [9.17, 15) is 13.2 Å². The molecule has 2 aromatic carbocycles. The zero-order chi connectivity index (χ0) is 20.9. The van der Waals surface area contributed by atoms with Gasteiger partial charge in [0.05, 0.1) is 29.7 Å². The van der Waals surface area contributed by atoms with Crippen molar-refractivity contribution in [3.05, 3.63) is 58.6 Å². The third-order valence-corrected chi connectivity index (χ3v) is 6.83. The number of amides is 1. The number of hydrogen-bond acceptors (Lipinski definition) is 5. The van der Waals surface area contributed by atoms with Gasteiger partial charge in [-0.1, -0.05) is 12.1 Å². The lowest BCUT2D eigenvalue weighted by Crippen LogP contribution is -2.40. The highest BCUT2D eigenvalue weighted by Crippen LogP contribution is 2.26. The second kappa shape index (κ2) is 9.53. The molecule has 0 aliphatic carbocycles. The Kier molecular flexibility index (Phi) is 7.07. The van der Waals surface area contributed by atoms with Crippen molar-refractivity contribution in [2.24, 2.45) is 0 Å². The van der Waals surface area contributed by atoms with Crippen LogP contribution in [-0.4, -0.2) is 52.0 Å². The van der Waals surface area contributed by atoms with Gasteiger partial charge in [0.2, 0.25) is 15.9 Å². The van der Waals surface area contributed by atoms with E-state index in [0.29, 0.717) is 37.7 Å². The van der Waals surface area contributed by atoms with Crippen LogP contribution in [0.3, 0.4) is 0 Å². The first-order chi connectivity index (χ1) is 13.9. The van der Waals surface area contributed by atoms with Crippen molar-refractivity contribution in [1.29, 1.82) is 0 Å². The Labute approximate surface area is 178 Å². The topological polar surface area (TPSA) is 84.9 Å². The van der Waals surface area contributed by atoms with Crippen molar-refractivity contribution < 1.29 is 22.7 Å². The van der Waals surface area contributed by atoms with Gasteiger partial charge in [-0.05, 0) is 57.9 Å². The molecule has 1 amide bonds. The van der Waals surface area contributed by atoms with E-state index in [1.54, 1.807) is 31.4 Å². The summed E-state index contributed by atoms with van der Waals surface area (Å²) >= 11 is 3.40. The summed E-state index contributed by atoms with van der Waals surface area (Å²) < 4.78 is 38.1. The minimum absolute atomic E-state index is 0.139. The largest absolute Gasteiger partial charge is 0.496 e. The van der Waals surface area contributed by atoms with E-state index < -0.39 is 10.0 Å². The summed E-state index contributed by atoms with van der Waals surface area (Å²) in [5.41, 5.74) is 1.22. The van der Waals surface area contributed by atoms with Crippen molar-refractivity contribution in [2.45, 2.75) is 4.90 Å². The van der Waals surface area contributed by atoms with Crippen LogP contribution in [0.1, 0.15) is 5.56 Å². The molecule has 7 nitrogen and oxygen atoms in total. The maximum atomic E-state index is 12.7. The number of ether oxygens (including phenoxy) is 2. The Balaban J connectivity index is 1.69. The summed E-state index contributed by atoms with van der Waals surface area (Å²) in [4.78, 5) is 12.4. The zero-order valence-corrected chi connectivity index (χ0v) is 18.2. The molecule has 0 radical (unpaired) electrons. The Bertz CT molecular complexity index is 1020. The average molecular weight is 481 g/mol. The van der Waals surface area contributed by atoms with Crippen molar-refractivity contribution >= 4 is 43.6 Å². The molecule has 2 aromatic rings. The number of benzene rings is 2. The second-order valence-corrected chi connectivity index (χ2v) is 9.05. The molecule has 3 rings (SSSR count). The van der Waals surface area contributed by atoms with Gasteiger partial charge in [0.15, 0.2) is 0 Å². The average Bonchev–Trinajstić information content (AvgIpc) is 2.73. The monoisotopic (exact) mass is 480 g/mol. The smallest absolute Gasteiger partial charge is 0.248 e. The van der Waals surface area contributed by atoms with Gasteiger partial charge in [-0.3, -0.25) is 4.79 Å². The Hall–Kier alpha value is -2.20. The molecular formula is C20H21BrN2O5S. The van der Waals surface area contributed by atoms with Crippen LogP contribution in [0.5, 0.6) is 5.75 Å². The van der Waals surface area contributed by atoms with E-state index in [-0.39, 0.29) is 10.8 Å². The number of halogens is 1. The molecule has 0 saturated carbocycles. The van der Waals surface area contributed by atoms with E-state index >= 15 is 0 Å². The van der Waals surface area contributed by atoms with Gasteiger partial charge in [-0.15, -0.1) is 0 Å². The molecule has 1 saturated heterocycles. The van der Waals surface area contributed by atoms with Gasteiger partial charge in [0, 0.05) is 24.9 Å². The van der Waals surface area contributed by atoms with Crippen LogP contribution in [-0.2, 0) is 19.6 Å². The SMILES string of the molecule is COc1ccc(/C=C/C(=O)Nc2cccc(S(=O)(=O)N3CCOCC3)c2)cc1Br. The predicted octanol–water partition coefficient (Wildman–Crippen LogP) is 3.13. The molecule has 1 aliphatic heterocycles. The summed E-state index contributed by atoms with van der Waals surface area (Å²) in [6.07, 6.45) is 3.05. The fraction of sp³-hybridized carbons (Fsp3) is 0.250. The molecule has 29 heavy (non-hydrogen) atoms. The number of sulfonamides is 1. The van der Waals surface area contributed by atoms with E-state index in [2.05, 4.69) is 21.2 Å². The van der Waals surface area contributed by atoms with Crippen molar-refractivity contribution in [3.63, 3.8) is 0 Å². The summed E-state index contributed by atoms with van der Waals surface area (Å²) in [5.74, 6) is 0.336. The van der Waals surface area contributed by atoms with Crippen molar-refractivity contribution in [1.82, 2.24) is 4.31 Å². The van der Waals surface area contributed by atoms with Gasteiger partial charge in [0.1, 0.15) is 5.75 Å². The van der Waals surface area contributed by atoms with Crippen LogP contribution in [0.2, 0.25) is 0 Å². The van der Waals surface area contributed by atoms with Gasteiger partial charge in [-0.25, -0.2) is 8.42 Å². The van der Waals surface area contributed by atoms with Crippen LogP contribution in [0, 0.1) is 0 Å². The zero-order valence-electron chi connectivity index (χ0n) is 15.8. The molecule has 0 atom stereocenters. The molecular weight excluding hydrogens is 460 g/mol. The Morgan fingerprint density at radius 3 is 2.66 bits per heavy atom. The lowest BCUT2D eigenvalue weighted by molar-refractivity contribution is -0.111. The van der Waals surface area contributed by atoms with Crippen LogP contribution in [0.15, 0.2) is 57.9 Å². The number of rotatable bonds is 6. The molecule has 1 N–H and O–H groups in total. The van der Waals surface area contributed by atoms with Gasteiger partial charge < -0.3 is 14.8 Å². The normalized spacial score (nSPS) is 15.4. The molecule has 1 heterocycles. The second-order valence-electron chi connectivity index (χ2n) is 6.26. The van der Waals surface area contributed by atoms with Crippen molar-refractivity contribution in [3.8, 4) is 5.75 Å². The lowest BCUT2D eigenvalue weighted by Gasteiger charge is -2.26. The molecule has 9 heteroatoms. The molecule has 0 bridgehead atoms. The first-order valence-electron chi connectivity index (χ1n) is 8.91. The predicted molar refractivity (Wildman–Crippen MR) is 114 cm³/mol. The number of morpholine rings is 1. The minimum atomic E-state index is -3.62. The first kappa shape index (κ1) is 21.5. The maximum Gasteiger partial charge on any atom is 0.248 e. The Morgan fingerprint density at radius 1 is 1.21 bits per heavy atom. The molecule has 1 aliphatic rings. The summed E-state index contributed by atoms with van der Waals surface area (Å²) in [6.45, 7) is 1.39. The number of carbonyl (C=O) groups is 1. The van der Waals surface area contributed by atoms with E-state index in [4.69, 9.17) is 9.47 Å². The number of carbonyl (C=O) groups excluding carboxylic acids is 1. The fourth-order valence-electron chi connectivity index (χ4n) is 2.81. The first-order valence-corrected chi connectivity index (χ1v) is 11.1. The van der Waals surface area contributed by atoms with Gasteiger partial charge in [-0.2, -0.15) is 4.31 Å². The van der Waals surface area contributed by atoms with E-state index in [1.165, 1.54) is 22.5 Å². The number of anilines is 1. The van der Waals surface area contributed by atoms with Crippen LogP contribution in [0.4, 0.5) is 5.69 Å². The number of hydrogen-bond donors (Lipinski definition) is 1. The Morgan fingerprint density at radius 2 is 1.97 bits per heavy atom. The van der Waals surface area contributed by atoms with E-state index in [1.807, 2.05) is 12.1 Å². The van der Waals surface area contributed by atoms with Gasteiger partial charge in [0.25, 0.3) is 0 Å². The summed E-state index contributed by atoms with van der Waals surface area (Å²) in [5, 5.41) is 2.69. The molecule has 154 valence electrons. The standard InChI is InChI=1S/C20H21BrN2O5S/c1-27-19-7-5-15(13-18(19)21)6-8-20(24)22-16-3-2-4-17(14-16)29(25,26)23-9-11-28-12-10-23/h2-8,13-14H,9-12H2,1H3,(H,22,24)/b8-6+. The van der Waals surface area contributed by atoms with Crippen molar-refractivity contribution in [2.75, 3.05) is 38.7 Å². The molecule has 0 spiro atoms. The number of methoxy groups -OCH3 is 1. The highest BCUT2D eigenvalue weighted by Gasteiger charge is 2.26. The summed E-state index contributed by atoms with van der Waals surface area (Å²) in [7, 11) is -2.04. The minimum Gasteiger partial charge on any atom is -0.496 e. The quantitative estimate of drug-likeness (QED) is 0.641. The van der Waals surface area contributed by atoms with Gasteiger partial charge >= 0.3 is 0 Å². The molecule has 0 aromatic heterocycles. The van der Waals surface area contributed by atoms with Crippen LogP contribution in [0.25, 0.3) is 6.08 Å². The van der Waals surface area contributed by atoms with E-state index in [0.717, 1.165) is 10.0 Å². The summed E-state index contributed by atoms with van der Waals surface area (Å²) in [6, 6.07) is 11.7. The van der Waals surface area contributed by atoms with Crippen LogP contribution >= 0.6 is 15.9 Å². The lowest BCUT2D eigenvalue weighted by atomic mass is 10.2. The van der Waals surface area contributed by atoms with Crippen LogP contribution < -0.4 is 10.1 Å². The number of nitrogens with one attached hydrogen (secondary N) is 1. The third-order valence-electron chi connectivity index (χ3n) is 4.31. The number of nitrogens with zero attached hydrogens (tertiary/aromatic N) is 1.